The zero-order valence-corrected chi connectivity index (χ0v) is 10.5. The molecule has 2 nitrogen and oxygen atoms in total. The number of carbonyl (C=O) groups is 1. The molecule has 0 N–H and O–H groups in total. The first-order chi connectivity index (χ1) is 9.20. The minimum absolute atomic E-state index is 0.235. The standard InChI is InChI=1S/C10H11F9O2/c1-2-3-6(20)21-5-4-7(11,12)8(13,14)9(15,16)10(17,18)19/h2-5H2,1H3. The van der Waals surface area contributed by atoms with Gasteiger partial charge in [-0.1, -0.05) is 6.92 Å². The molecule has 0 aliphatic carbocycles. The van der Waals surface area contributed by atoms with E-state index in [1.807, 2.05) is 0 Å². The lowest BCUT2D eigenvalue weighted by Gasteiger charge is -2.33. The summed E-state index contributed by atoms with van der Waals surface area (Å²) in [5.74, 6) is -20.4. The topological polar surface area (TPSA) is 26.3 Å². The van der Waals surface area contributed by atoms with E-state index in [9.17, 15) is 44.3 Å². The predicted molar refractivity (Wildman–Crippen MR) is 51.4 cm³/mol. The van der Waals surface area contributed by atoms with Crippen molar-refractivity contribution in [3.8, 4) is 0 Å². The van der Waals surface area contributed by atoms with Crippen molar-refractivity contribution in [2.75, 3.05) is 6.61 Å². The highest BCUT2D eigenvalue weighted by Crippen LogP contribution is 2.53. The number of rotatable bonds is 7. The number of alkyl halides is 9. The molecule has 0 saturated heterocycles. The minimum atomic E-state index is -6.92. The second kappa shape index (κ2) is 6.30. The summed E-state index contributed by atoms with van der Waals surface area (Å²) in [5, 5.41) is 0. The van der Waals surface area contributed by atoms with Gasteiger partial charge in [0.2, 0.25) is 0 Å². The van der Waals surface area contributed by atoms with Crippen molar-refractivity contribution in [3.63, 3.8) is 0 Å². The molecule has 0 fully saturated rings. The molecule has 0 amide bonds. The second-order valence-electron chi connectivity index (χ2n) is 4.07. The summed E-state index contributed by atoms with van der Waals surface area (Å²) in [4.78, 5) is 10.8. The van der Waals surface area contributed by atoms with E-state index in [0.29, 0.717) is 0 Å². The Kier molecular flexibility index (Phi) is 5.96. The average Bonchev–Trinajstić information content (AvgIpc) is 2.26. The van der Waals surface area contributed by atoms with Crippen LogP contribution in [-0.2, 0) is 9.53 Å². The van der Waals surface area contributed by atoms with E-state index in [4.69, 9.17) is 0 Å². The maximum Gasteiger partial charge on any atom is 0.460 e. The van der Waals surface area contributed by atoms with Gasteiger partial charge in [-0.2, -0.15) is 39.5 Å². The SMILES string of the molecule is CCCC(=O)OCCC(F)(F)C(F)(F)C(F)(F)C(F)(F)F. The zero-order chi connectivity index (χ0) is 17.1. The van der Waals surface area contributed by atoms with Gasteiger partial charge in [-0.15, -0.1) is 0 Å². The molecule has 0 aliphatic heterocycles. The summed E-state index contributed by atoms with van der Waals surface area (Å²) in [6, 6.07) is 0. The molecule has 0 radical (unpaired) electrons. The van der Waals surface area contributed by atoms with E-state index in [2.05, 4.69) is 4.74 Å². The molecule has 0 spiro atoms. The van der Waals surface area contributed by atoms with E-state index in [1.165, 1.54) is 6.92 Å². The van der Waals surface area contributed by atoms with Crippen molar-refractivity contribution in [1.29, 1.82) is 0 Å². The summed E-state index contributed by atoms with van der Waals surface area (Å²) in [6.07, 6.45) is -9.00. The van der Waals surface area contributed by atoms with Crippen LogP contribution in [0.5, 0.6) is 0 Å². The molecule has 0 aromatic carbocycles. The van der Waals surface area contributed by atoms with Gasteiger partial charge in [0.15, 0.2) is 0 Å². The molecule has 0 unspecified atom stereocenters. The third kappa shape index (κ3) is 4.16. The Morgan fingerprint density at radius 3 is 1.76 bits per heavy atom. The van der Waals surface area contributed by atoms with Crippen LogP contribution in [0, 0.1) is 0 Å². The number of carbonyl (C=O) groups excluding carboxylic acids is 1. The van der Waals surface area contributed by atoms with Gasteiger partial charge < -0.3 is 4.74 Å². The van der Waals surface area contributed by atoms with E-state index in [-0.39, 0.29) is 12.8 Å². The Hall–Kier alpha value is -1.16. The van der Waals surface area contributed by atoms with Crippen LogP contribution in [-0.4, -0.2) is 36.5 Å². The molecule has 0 aromatic heterocycles. The Labute approximate surface area is 113 Å². The average molecular weight is 334 g/mol. The van der Waals surface area contributed by atoms with Crippen LogP contribution in [0.1, 0.15) is 26.2 Å². The Morgan fingerprint density at radius 1 is 0.905 bits per heavy atom. The van der Waals surface area contributed by atoms with Gasteiger partial charge in [-0.05, 0) is 6.42 Å². The van der Waals surface area contributed by atoms with E-state index in [1.54, 1.807) is 0 Å². The van der Waals surface area contributed by atoms with Crippen molar-refractivity contribution < 1.29 is 49.0 Å². The monoisotopic (exact) mass is 334 g/mol. The lowest BCUT2D eigenvalue weighted by atomic mass is 10.0. The molecule has 0 aliphatic rings. The van der Waals surface area contributed by atoms with Gasteiger partial charge in [0.1, 0.15) is 0 Å². The fourth-order valence-corrected chi connectivity index (χ4v) is 1.13. The number of ether oxygens (including phenoxy) is 1. The van der Waals surface area contributed by atoms with Crippen LogP contribution in [0.3, 0.4) is 0 Å². The van der Waals surface area contributed by atoms with Gasteiger partial charge in [-0.3, -0.25) is 4.79 Å². The molecule has 0 atom stereocenters. The van der Waals surface area contributed by atoms with Crippen LogP contribution >= 0.6 is 0 Å². The molecular formula is C10H11F9O2. The number of hydrogen-bond donors (Lipinski definition) is 0. The first kappa shape index (κ1) is 19.8. The molecule has 21 heavy (non-hydrogen) atoms. The van der Waals surface area contributed by atoms with Gasteiger partial charge in [-0.25, -0.2) is 0 Å². The smallest absolute Gasteiger partial charge is 0.460 e. The second-order valence-corrected chi connectivity index (χ2v) is 4.07. The normalized spacial score (nSPS) is 14.2. The molecule has 11 heteroatoms. The molecule has 0 bridgehead atoms. The highest BCUT2D eigenvalue weighted by atomic mass is 19.4. The first-order valence-corrected chi connectivity index (χ1v) is 5.56. The first-order valence-electron chi connectivity index (χ1n) is 5.56. The predicted octanol–water partition coefficient (Wildman–Crippen LogP) is 4.19. The maximum absolute atomic E-state index is 12.9. The van der Waals surface area contributed by atoms with Gasteiger partial charge in [0.25, 0.3) is 0 Å². The number of halogens is 9. The third-order valence-electron chi connectivity index (χ3n) is 2.34. The van der Waals surface area contributed by atoms with Crippen LogP contribution in [0.25, 0.3) is 0 Å². The van der Waals surface area contributed by atoms with E-state index >= 15 is 0 Å². The lowest BCUT2D eigenvalue weighted by molar-refractivity contribution is -0.397. The molecule has 126 valence electrons. The van der Waals surface area contributed by atoms with E-state index < -0.39 is 42.9 Å². The van der Waals surface area contributed by atoms with Crippen LogP contribution in [0.4, 0.5) is 39.5 Å². The minimum Gasteiger partial charge on any atom is -0.465 e. The summed E-state index contributed by atoms with van der Waals surface area (Å²) in [6.45, 7) is 0.100. The molecule has 0 heterocycles. The number of esters is 1. The highest BCUT2D eigenvalue weighted by Gasteiger charge is 2.81. The van der Waals surface area contributed by atoms with Gasteiger partial charge in [0, 0.05) is 6.42 Å². The summed E-state index contributed by atoms with van der Waals surface area (Å²) < 4.78 is 116. The van der Waals surface area contributed by atoms with Gasteiger partial charge in [0.05, 0.1) is 13.0 Å². The fraction of sp³-hybridized carbons (Fsp3) is 0.900. The molecule has 0 rings (SSSR count). The van der Waals surface area contributed by atoms with Crippen LogP contribution in [0.15, 0.2) is 0 Å². The summed E-state index contributed by atoms with van der Waals surface area (Å²) in [5.41, 5.74) is 0. The Morgan fingerprint density at radius 2 is 1.38 bits per heavy atom. The zero-order valence-electron chi connectivity index (χ0n) is 10.5. The maximum atomic E-state index is 12.9. The third-order valence-corrected chi connectivity index (χ3v) is 2.34. The largest absolute Gasteiger partial charge is 0.465 e. The number of hydrogen-bond acceptors (Lipinski definition) is 2. The van der Waals surface area contributed by atoms with E-state index in [0.717, 1.165) is 0 Å². The van der Waals surface area contributed by atoms with Crippen LogP contribution < -0.4 is 0 Å². The van der Waals surface area contributed by atoms with Crippen molar-refractivity contribution in [2.24, 2.45) is 0 Å². The van der Waals surface area contributed by atoms with Gasteiger partial charge >= 0.3 is 29.9 Å². The Bertz CT molecular complexity index is 362. The van der Waals surface area contributed by atoms with Crippen molar-refractivity contribution in [1.82, 2.24) is 0 Å². The highest BCUT2D eigenvalue weighted by molar-refractivity contribution is 5.69. The van der Waals surface area contributed by atoms with Crippen molar-refractivity contribution >= 4 is 5.97 Å². The molecular weight excluding hydrogens is 323 g/mol. The Balaban J connectivity index is 4.93. The summed E-state index contributed by atoms with van der Waals surface area (Å²) >= 11 is 0. The van der Waals surface area contributed by atoms with Crippen molar-refractivity contribution in [3.05, 3.63) is 0 Å². The van der Waals surface area contributed by atoms with Crippen molar-refractivity contribution in [2.45, 2.75) is 50.1 Å². The quantitative estimate of drug-likeness (QED) is 0.516. The van der Waals surface area contributed by atoms with Crippen LogP contribution in [0.2, 0.25) is 0 Å². The molecule has 0 saturated carbocycles. The summed E-state index contributed by atoms with van der Waals surface area (Å²) in [7, 11) is 0. The fourth-order valence-electron chi connectivity index (χ4n) is 1.13. The lowest BCUT2D eigenvalue weighted by Crippen LogP contribution is -2.61. The molecule has 0 aromatic rings.